The summed E-state index contributed by atoms with van der Waals surface area (Å²) < 4.78 is 6.45. The van der Waals surface area contributed by atoms with Crippen molar-refractivity contribution in [3.8, 4) is 6.07 Å². The van der Waals surface area contributed by atoms with E-state index in [9.17, 15) is 20.0 Å². The zero-order valence-corrected chi connectivity index (χ0v) is 17.4. The summed E-state index contributed by atoms with van der Waals surface area (Å²) in [5.41, 5.74) is 0.827. The third kappa shape index (κ3) is 3.70. The lowest BCUT2D eigenvalue weighted by atomic mass is 10.1. The first kappa shape index (κ1) is 20.8. The van der Waals surface area contributed by atoms with E-state index in [1.54, 1.807) is 56.3 Å². The highest BCUT2D eigenvalue weighted by Crippen LogP contribution is 2.20. The molecule has 0 spiro atoms. The molecule has 0 fully saturated rings. The molecule has 2 heterocycles. The summed E-state index contributed by atoms with van der Waals surface area (Å²) in [4.78, 5) is 32.7. The van der Waals surface area contributed by atoms with Gasteiger partial charge in [-0.05, 0) is 32.0 Å². The molecule has 0 amide bonds. The van der Waals surface area contributed by atoms with Crippen LogP contribution in [0.25, 0.3) is 27.4 Å². The number of rotatable bonds is 5. The Balaban J connectivity index is 1.66. The van der Waals surface area contributed by atoms with E-state index in [-0.39, 0.29) is 28.7 Å². The summed E-state index contributed by atoms with van der Waals surface area (Å²) in [5.74, 6) is -1.12. The summed E-state index contributed by atoms with van der Waals surface area (Å²) in [6, 6.07) is 15.4. The van der Waals surface area contributed by atoms with E-state index in [1.807, 2.05) is 12.1 Å². The molecule has 160 valence electrons. The SMILES string of the molecule is CC(C)n1nc(C(=O)OCC(O)=C(C#N)c2nc3ccccc3[nH]2)c2ccccc2c1=O. The first-order valence-electron chi connectivity index (χ1n) is 9.86. The minimum absolute atomic E-state index is 0.0519. The first-order chi connectivity index (χ1) is 15.4. The van der Waals surface area contributed by atoms with Gasteiger partial charge < -0.3 is 14.8 Å². The minimum Gasteiger partial charge on any atom is -0.507 e. The second-order valence-corrected chi connectivity index (χ2v) is 7.35. The molecule has 0 unspecified atom stereocenters. The highest BCUT2D eigenvalue weighted by molar-refractivity contribution is 6.02. The highest BCUT2D eigenvalue weighted by atomic mass is 16.5. The predicted molar refractivity (Wildman–Crippen MR) is 118 cm³/mol. The Bertz CT molecular complexity index is 1440. The number of fused-ring (bicyclic) bond motifs is 2. The number of H-pyrrole nitrogens is 1. The monoisotopic (exact) mass is 429 g/mol. The normalized spacial score (nSPS) is 12.1. The van der Waals surface area contributed by atoms with Crippen molar-refractivity contribution < 1.29 is 14.6 Å². The van der Waals surface area contributed by atoms with E-state index in [2.05, 4.69) is 15.1 Å². The van der Waals surface area contributed by atoms with Crippen LogP contribution in [0.2, 0.25) is 0 Å². The molecule has 2 aromatic heterocycles. The summed E-state index contributed by atoms with van der Waals surface area (Å²) in [5, 5.41) is 24.8. The number of carbonyl (C=O) groups is 1. The molecule has 0 saturated heterocycles. The van der Waals surface area contributed by atoms with Gasteiger partial charge in [0.15, 0.2) is 17.3 Å². The molecule has 0 bridgehead atoms. The van der Waals surface area contributed by atoms with Crippen molar-refractivity contribution in [3.63, 3.8) is 0 Å². The van der Waals surface area contributed by atoms with E-state index in [0.29, 0.717) is 21.8 Å². The number of allylic oxidation sites excluding steroid dienone is 1. The van der Waals surface area contributed by atoms with E-state index in [0.717, 1.165) is 0 Å². The average Bonchev–Trinajstić information content (AvgIpc) is 3.22. The van der Waals surface area contributed by atoms with Crippen LogP contribution in [0.1, 0.15) is 36.2 Å². The number of aromatic nitrogens is 4. The van der Waals surface area contributed by atoms with E-state index in [1.165, 1.54) is 4.68 Å². The fourth-order valence-corrected chi connectivity index (χ4v) is 3.31. The predicted octanol–water partition coefficient (Wildman–Crippen LogP) is 3.50. The summed E-state index contributed by atoms with van der Waals surface area (Å²) in [7, 11) is 0. The number of nitrogens with zero attached hydrogens (tertiary/aromatic N) is 4. The summed E-state index contributed by atoms with van der Waals surface area (Å²) >= 11 is 0. The molecule has 9 heteroatoms. The van der Waals surface area contributed by atoms with Crippen LogP contribution in [0.5, 0.6) is 0 Å². The molecular formula is C23H19N5O4. The number of carbonyl (C=O) groups excluding carboxylic acids is 1. The molecule has 32 heavy (non-hydrogen) atoms. The molecule has 0 aliphatic heterocycles. The molecule has 4 rings (SSSR count). The topological polar surface area (TPSA) is 134 Å². The van der Waals surface area contributed by atoms with Crippen molar-refractivity contribution in [3.05, 3.63) is 76.2 Å². The van der Waals surface area contributed by atoms with Crippen LogP contribution in [0.3, 0.4) is 0 Å². The van der Waals surface area contributed by atoms with Crippen LogP contribution in [-0.4, -0.2) is 37.4 Å². The fraction of sp³-hybridized carbons (Fsp3) is 0.174. The first-order valence-corrected chi connectivity index (χ1v) is 9.86. The third-order valence-electron chi connectivity index (χ3n) is 4.88. The summed E-state index contributed by atoms with van der Waals surface area (Å²) in [6.07, 6.45) is 0. The third-order valence-corrected chi connectivity index (χ3v) is 4.88. The zero-order chi connectivity index (χ0) is 22.8. The number of aromatic amines is 1. The standard InChI is InChI=1S/C23H19N5O4/c1-13(2)28-22(30)15-8-4-3-7-14(15)20(27-28)23(31)32-12-19(29)16(11-24)21-25-17-9-5-6-10-18(17)26-21/h3-10,13,29H,12H2,1-2H3,(H,25,26). The van der Waals surface area contributed by atoms with Crippen LogP contribution >= 0.6 is 0 Å². The van der Waals surface area contributed by atoms with Crippen LogP contribution in [-0.2, 0) is 4.74 Å². The van der Waals surface area contributed by atoms with Gasteiger partial charge in [0.1, 0.15) is 18.2 Å². The number of benzene rings is 2. The number of esters is 1. The lowest BCUT2D eigenvalue weighted by molar-refractivity contribution is 0.0495. The molecule has 2 aromatic carbocycles. The van der Waals surface area contributed by atoms with Crippen molar-refractivity contribution in [2.24, 2.45) is 0 Å². The van der Waals surface area contributed by atoms with Gasteiger partial charge in [0, 0.05) is 5.39 Å². The van der Waals surface area contributed by atoms with Gasteiger partial charge in [-0.25, -0.2) is 14.5 Å². The largest absolute Gasteiger partial charge is 0.507 e. The number of nitrogens with one attached hydrogen (secondary N) is 1. The maximum Gasteiger partial charge on any atom is 0.359 e. The smallest absolute Gasteiger partial charge is 0.359 e. The summed E-state index contributed by atoms with van der Waals surface area (Å²) in [6.45, 7) is 2.99. The minimum atomic E-state index is -0.830. The number of hydrogen-bond donors (Lipinski definition) is 2. The Morgan fingerprint density at radius 1 is 1.19 bits per heavy atom. The number of nitriles is 1. The quantitative estimate of drug-likeness (QED) is 0.282. The molecule has 4 aromatic rings. The Morgan fingerprint density at radius 2 is 1.88 bits per heavy atom. The molecule has 0 radical (unpaired) electrons. The number of hydrogen-bond acceptors (Lipinski definition) is 7. The van der Waals surface area contributed by atoms with Gasteiger partial charge in [-0.15, -0.1) is 0 Å². The van der Waals surface area contributed by atoms with Gasteiger partial charge in [-0.1, -0.05) is 30.3 Å². The van der Waals surface area contributed by atoms with Crippen LogP contribution in [0.4, 0.5) is 0 Å². The van der Waals surface area contributed by atoms with E-state index < -0.39 is 18.3 Å². The van der Waals surface area contributed by atoms with Crippen molar-refractivity contribution in [2.75, 3.05) is 6.61 Å². The van der Waals surface area contributed by atoms with Gasteiger partial charge in [-0.3, -0.25) is 4.79 Å². The molecule has 0 aliphatic carbocycles. The number of para-hydroxylation sites is 2. The molecule has 0 atom stereocenters. The van der Waals surface area contributed by atoms with Crippen LogP contribution in [0, 0.1) is 11.3 Å². The maximum absolute atomic E-state index is 12.8. The maximum atomic E-state index is 12.8. The molecule has 9 nitrogen and oxygen atoms in total. The van der Waals surface area contributed by atoms with Crippen LogP contribution in [0.15, 0.2) is 59.1 Å². The van der Waals surface area contributed by atoms with E-state index in [4.69, 9.17) is 4.74 Å². The lowest BCUT2D eigenvalue weighted by Crippen LogP contribution is -2.28. The molecule has 0 aliphatic rings. The molecule has 2 N–H and O–H groups in total. The Hall–Kier alpha value is -4.45. The lowest BCUT2D eigenvalue weighted by Gasteiger charge is -2.13. The zero-order valence-electron chi connectivity index (χ0n) is 17.4. The Labute approximate surface area is 182 Å². The molecule has 0 saturated carbocycles. The second-order valence-electron chi connectivity index (χ2n) is 7.35. The van der Waals surface area contributed by atoms with Crippen molar-refractivity contribution in [2.45, 2.75) is 19.9 Å². The van der Waals surface area contributed by atoms with Crippen LogP contribution < -0.4 is 5.56 Å². The number of ether oxygens (including phenoxy) is 1. The number of aliphatic hydroxyl groups is 1. The van der Waals surface area contributed by atoms with Crippen molar-refractivity contribution in [1.29, 1.82) is 5.26 Å². The van der Waals surface area contributed by atoms with Crippen molar-refractivity contribution >= 4 is 33.3 Å². The number of imidazole rings is 1. The van der Waals surface area contributed by atoms with Gasteiger partial charge in [0.05, 0.1) is 22.5 Å². The highest BCUT2D eigenvalue weighted by Gasteiger charge is 2.21. The fourth-order valence-electron chi connectivity index (χ4n) is 3.31. The van der Waals surface area contributed by atoms with Gasteiger partial charge in [0.2, 0.25) is 0 Å². The van der Waals surface area contributed by atoms with Gasteiger partial charge in [-0.2, -0.15) is 10.4 Å². The van der Waals surface area contributed by atoms with Gasteiger partial charge >= 0.3 is 5.97 Å². The van der Waals surface area contributed by atoms with Crippen molar-refractivity contribution in [1.82, 2.24) is 19.7 Å². The Kier molecular flexibility index (Phi) is 5.43. The Morgan fingerprint density at radius 3 is 2.56 bits per heavy atom. The molecular weight excluding hydrogens is 410 g/mol. The average molecular weight is 429 g/mol. The second kappa shape index (κ2) is 8.35. The van der Waals surface area contributed by atoms with Gasteiger partial charge in [0.25, 0.3) is 5.56 Å². The van der Waals surface area contributed by atoms with E-state index >= 15 is 0 Å². The number of aliphatic hydroxyl groups excluding tert-OH is 1.